The fraction of sp³-hybridized carbons (Fsp3) is 0.300. The van der Waals surface area contributed by atoms with Crippen molar-refractivity contribution in [2.24, 2.45) is 4.99 Å². The van der Waals surface area contributed by atoms with E-state index in [4.69, 9.17) is 4.74 Å². The zero-order valence-electron chi connectivity index (χ0n) is 17.7. The molecule has 1 saturated heterocycles. The summed E-state index contributed by atoms with van der Waals surface area (Å²) in [5, 5.41) is 11.3. The molecule has 1 atom stereocenters. The number of benzene rings is 2. The molecular formula is C20H22N4O6S2. The van der Waals surface area contributed by atoms with Crippen LogP contribution in [0.5, 0.6) is 5.75 Å². The Morgan fingerprint density at radius 1 is 1.28 bits per heavy atom. The molecule has 0 bridgehead atoms. The van der Waals surface area contributed by atoms with Gasteiger partial charge in [0.2, 0.25) is 10.0 Å². The number of aliphatic imine (C=N–C) groups is 1. The Morgan fingerprint density at radius 3 is 2.59 bits per heavy atom. The number of carbonyl (C=O) groups excluding carboxylic acids is 1. The second kappa shape index (κ2) is 9.67. The molecule has 0 radical (unpaired) electrons. The number of thioether (sulfide) groups is 1. The van der Waals surface area contributed by atoms with E-state index in [2.05, 4.69) is 4.99 Å². The number of sulfonamides is 1. The van der Waals surface area contributed by atoms with Crippen molar-refractivity contribution in [3.63, 3.8) is 0 Å². The van der Waals surface area contributed by atoms with Crippen molar-refractivity contribution in [1.82, 2.24) is 9.21 Å². The number of nitrogens with zero attached hydrogens (tertiary/aromatic N) is 4. The van der Waals surface area contributed by atoms with Crippen LogP contribution in [-0.2, 0) is 14.8 Å². The smallest absolute Gasteiger partial charge is 0.269 e. The first kappa shape index (κ1) is 23.7. The molecule has 1 heterocycles. The van der Waals surface area contributed by atoms with Gasteiger partial charge in [0.25, 0.3) is 11.6 Å². The van der Waals surface area contributed by atoms with Crippen LogP contribution in [0, 0.1) is 10.1 Å². The molecule has 10 nitrogen and oxygen atoms in total. The van der Waals surface area contributed by atoms with Crippen LogP contribution < -0.4 is 4.74 Å². The van der Waals surface area contributed by atoms with Gasteiger partial charge in [-0.15, -0.1) is 0 Å². The molecule has 0 aromatic heterocycles. The molecule has 1 fully saturated rings. The Kier molecular flexibility index (Phi) is 7.16. The van der Waals surface area contributed by atoms with Gasteiger partial charge in [0, 0.05) is 38.0 Å². The van der Waals surface area contributed by atoms with Crippen LogP contribution in [-0.4, -0.2) is 66.1 Å². The molecule has 0 saturated carbocycles. The summed E-state index contributed by atoms with van der Waals surface area (Å²) in [6.07, 6.45) is 0. The SMILES string of the molecule is CC1CN(C(=O)COc2ccc([N+](=O)[O-])cc2)C(=Nc2cccc(S(=O)(=O)N(C)C)c2)S1. The van der Waals surface area contributed by atoms with Gasteiger partial charge in [-0.2, -0.15) is 0 Å². The number of hydrogen-bond acceptors (Lipinski definition) is 8. The van der Waals surface area contributed by atoms with Crippen molar-refractivity contribution < 1.29 is 22.9 Å². The lowest BCUT2D eigenvalue weighted by atomic mass is 10.3. The maximum absolute atomic E-state index is 12.8. The van der Waals surface area contributed by atoms with E-state index in [1.807, 2.05) is 6.92 Å². The highest BCUT2D eigenvalue weighted by Crippen LogP contribution is 2.29. The number of nitro groups is 1. The molecule has 3 rings (SSSR count). The number of non-ortho nitro benzene ring substituents is 1. The molecular weight excluding hydrogens is 456 g/mol. The number of carbonyl (C=O) groups is 1. The van der Waals surface area contributed by atoms with E-state index in [-0.39, 0.29) is 28.3 Å². The molecule has 0 spiro atoms. The molecule has 0 N–H and O–H groups in total. The Labute approximate surface area is 190 Å². The first-order valence-corrected chi connectivity index (χ1v) is 11.9. The third-order valence-corrected chi connectivity index (χ3v) is 7.39. The zero-order valence-corrected chi connectivity index (χ0v) is 19.3. The topological polar surface area (TPSA) is 122 Å². The minimum Gasteiger partial charge on any atom is -0.484 e. The Hall–Kier alpha value is -2.96. The zero-order chi connectivity index (χ0) is 23.5. The van der Waals surface area contributed by atoms with Gasteiger partial charge in [0.15, 0.2) is 11.8 Å². The summed E-state index contributed by atoms with van der Waals surface area (Å²) in [5.74, 6) is 0.0138. The largest absolute Gasteiger partial charge is 0.484 e. The van der Waals surface area contributed by atoms with E-state index in [1.54, 1.807) is 12.1 Å². The van der Waals surface area contributed by atoms with Gasteiger partial charge in [-0.3, -0.25) is 19.8 Å². The van der Waals surface area contributed by atoms with E-state index >= 15 is 0 Å². The van der Waals surface area contributed by atoms with Crippen molar-refractivity contribution in [2.75, 3.05) is 27.2 Å². The molecule has 1 aliphatic heterocycles. The van der Waals surface area contributed by atoms with Gasteiger partial charge in [-0.1, -0.05) is 24.8 Å². The molecule has 1 amide bonds. The fourth-order valence-corrected chi connectivity index (χ4v) is 4.82. The Bertz CT molecular complexity index is 1150. The average molecular weight is 479 g/mol. The number of amidine groups is 1. The van der Waals surface area contributed by atoms with E-state index in [1.165, 1.54) is 67.2 Å². The van der Waals surface area contributed by atoms with E-state index in [0.717, 1.165) is 4.31 Å². The standard InChI is InChI=1S/C20H22N4O6S2/c1-14-12-23(19(25)13-30-17-9-7-16(8-10-17)24(26)27)20(31-14)21-15-5-4-6-18(11-15)32(28,29)22(2)3/h4-11,14H,12-13H2,1-3H3. The van der Waals surface area contributed by atoms with Gasteiger partial charge < -0.3 is 4.74 Å². The average Bonchev–Trinajstić information content (AvgIpc) is 3.12. The van der Waals surface area contributed by atoms with Crippen LogP contribution in [0.1, 0.15) is 6.92 Å². The lowest BCUT2D eigenvalue weighted by Gasteiger charge is -2.17. The number of rotatable bonds is 7. The first-order chi connectivity index (χ1) is 15.1. The highest BCUT2D eigenvalue weighted by molar-refractivity contribution is 8.14. The van der Waals surface area contributed by atoms with Gasteiger partial charge in [-0.25, -0.2) is 17.7 Å². The third kappa shape index (κ3) is 5.44. The van der Waals surface area contributed by atoms with Crippen molar-refractivity contribution >= 4 is 44.2 Å². The monoisotopic (exact) mass is 478 g/mol. The molecule has 0 aliphatic carbocycles. The van der Waals surface area contributed by atoms with Gasteiger partial charge >= 0.3 is 0 Å². The molecule has 2 aromatic rings. The molecule has 1 unspecified atom stereocenters. The molecule has 170 valence electrons. The summed E-state index contributed by atoms with van der Waals surface area (Å²) in [7, 11) is -0.703. The predicted octanol–water partition coefficient (Wildman–Crippen LogP) is 2.88. The second-order valence-electron chi connectivity index (χ2n) is 7.15. The van der Waals surface area contributed by atoms with Crippen LogP contribution in [0.25, 0.3) is 0 Å². The third-order valence-electron chi connectivity index (χ3n) is 4.51. The summed E-state index contributed by atoms with van der Waals surface area (Å²) in [5.41, 5.74) is 0.347. The number of nitro benzene ring substituents is 1. The summed E-state index contributed by atoms with van der Waals surface area (Å²) in [6, 6.07) is 11.7. The maximum Gasteiger partial charge on any atom is 0.269 e. The van der Waals surface area contributed by atoms with Crippen LogP contribution in [0.2, 0.25) is 0 Å². The van der Waals surface area contributed by atoms with Crippen molar-refractivity contribution in [2.45, 2.75) is 17.1 Å². The molecule has 2 aromatic carbocycles. The van der Waals surface area contributed by atoms with Gasteiger partial charge in [0.1, 0.15) is 5.75 Å². The Morgan fingerprint density at radius 2 is 1.97 bits per heavy atom. The second-order valence-corrected chi connectivity index (χ2v) is 10.7. The molecule has 1 aliphatic rings. The number of hydrogen-bond donors (Lipinski definition) is 0. The summed E-state index contributed by atoms with van der Waals surface area (Å²) < 4.78 is 31.4. The van der Waals surface area contributed by atoms with Gasteiger partial charge in [0.05, 0.1) is 15.5 Å². The van der Waals surface area contributed by atoms with Gasteiger partial charge in [-0.05, 0) is 30.3 Å². The highest BCUT2D eigenvalue weighted by Gasteiger charge is 2.31. The normalized spacial score (nSPS) is 17.7. The minimum absolute atomic E-state index is 0.0682. The van der Waals surface area contributed by atoms with E-state index < -0.39 is 14.9 Å². The summed E-state index contributed by atoms with van der Waals surface area (Å²) in [6.45, 7) is 2.12. The minimum atomic E-state index is -3.61. The lowest BCUT2D eigenvalue weighted by molar-refractivity contribution is -0.384. The van der Waals surface area contributed by atoms with Crippen molar-refractivity contribution in [1.29, 1.82) is 0 Å². The van der Waals surface area contributed by atoms with Crippen LogP contribution in [0.3, 0.4) is 0 Å². The Balaban J connectivity index is 1.75. The van der Waals surface area contributed by atoms with E-state index in [0.29, 0.717) is 23.1 Å². The first-order valence-electron chi connectivity index (χ1n) is 9.53. The summed E-state index contributed by atoms with van der Waals surface area (Å²) in [4.78, 5) is 29.1. The lowest BCUT2D eigenvalue weighted by Crippen LogP contribution is -2.36. The van der Waals surface area contributed by atoms with Crippen molar-refractivity contribution in [3.05, 3.63) is 58.6 Å². The predicted molar refractivity (Wildman–Crippen MR) is 122 cm³/mol. The number of ether oxygens (including phenoxy) is 1. The van der Waals surface area contributed by atoms with Crippen LogP contribution in [0.4, 0.5) is 11.4 Å². The van der Waals surface area contributed by atoms with Crippen LogP contribution >= 0.6 is 11.8 Å². The fourth-order valence-electron chi connectivity index (χ4n) is 2.83. The number of amides is 1. The molecule has 12 heteroatoms. The van der Waals surface area contributed by atoms with Crippen molar-refractivity contribution in [3.8, 4) is 5.75 Å². The summed E-state index contributed by atoms with van der Waals surface area (Å²) >= 11 is 1.41. The maximum atomic E-state index is 12.8. The highest BCUT2D eigenvalue weighted by atomic mass is 32.2. The molecule has 32 heavy (non-hydrogen) atoms. The quantitative estimate of drug-likeness (QED) is 0.443. The van der Waals surface area contributed by atoms with E-state index in [9.17, 15) is 23.3 Å². The van der Waals surface area contributed by atoms with Crippen LogP contribution in [0.15, 0.2) is 58.4 Å².